The summed E-state index contributed by atoms with van der Waals surface area (Å²) in [4.78, 5) is 10.8. The van der Waals surface area contributed by atoms with E-state index in [1.54, 1.807) is 18.8 Å². The van der Waals surface area contributed by atoms with Crippen LogP contribution in [0.15, 0.2) is 0 Å². The highest BCUT2D eigenvalue weighted by Crippen LogP contribution is 2.14. The summed E-state index contributed by atoms with van der Waals surface area (Å²) < 4.78 is 0. The van der Waals surface area contributed by atoms with Crippen LogP contribution in [0.1, 0.15) is 20.3 Å². The van der Waals surface area contributed by atoms with Crippen molar-refractivity contribution in [2.24, 2.45) is 5.73 Å². The number of thioether (sulfide) groups is 1. The van der Waals surface area contributed by atoms with Crippen molar-refractivity contribution in [2.45, 2.75) is 31.6 Å². The van der Waals surface area contributed by atoms with Gasteiger partial charge in [-0.15, -0.1) is 0 Å². The Balaban J connectivity index is 3.65. The van der Waals surface area contributed by atoms with Gasteiger partial charge >= 0.3 is 0 Å². The zero-order chi connectivity index (χ0) is 9.56. The molecule has 0 aliphatic heterocycles. The zero-order valence-corrected chi connectivity index (χ0v) is 8.78. The predicted octanol–water partition coefficient (Wildman–Crippen LogP) is 0.591. The van der Waals surface area contributed by atoms with Crippen LogP contribution in [0.2, 0.25) is 0 Å². The first-order valence-corrected chi connectivity index (χ1v) is 5.24. The third-order valence-corrected chi connectivity index (χ3v) is 3.24. The van der Waals surface area contributed by atoms with E-state index in [0.29, 0.717) is 5.25 Å². The predicted molar refractivity (Wildman–Crippen MR) is 54.3 cm³/mol. The van der Waals surface area contributed by atoms with Crippen molar-refractivity contribution in [3.8, 4) is 0 Å². The maximum Gasteiger partial charge on any atom is 0.235 e. The Morgan fingerprint density at radius 3 is 2.58 bits per heavy atom. The molecule has 2 unspecified atom stereocenters. The SMILES string of the molecule is CCC(C)SCC(NC)C(N)=O. The molecule has 72 valence electrons. The fraction of sp³-hybridized carbons (Fsp3) is 0.875. The van der Waals surface area contributed by atoms with Crippen molar-refractivity contribution in [2.75, 3.05) is 12.8 Å². The van der Waals surface area contributed by atoms with Crippen LogP contribution in [-0.4, -0.2) is 30.0 Å². The molecule has 0 aliphatic rings. The Morgan fingerprint density at radius 1 is 1.67 bits per heavy atom. The molecule has 0 spiro atoms. The highest BCUT2D eigenvalue weighted by atomic mass is 32.2. The fourth-order valence-electron chi connectivity index (χ4n) is 0.686. The number of primary amides is 1. The number of hydrogen-bond acceptors (Lipinski definition) is 3. The lowest BCUT2D eigenvalue weighted by molar-refractivity contribution is -0.119. The molecular formula is C8H18N2OS. The van der Waals surface area contributed by atoms with Gasteiger partial charge in [0.25, 0.3) is 0 Å². The third kappa shape index (κ3) is 4.62. The summed E-state index contributed by atoms with van der Waals surface area (Å²) in [5.41, 5.74) is 5.16. The molecule has 0 rings (SSSR count). The standard InChI is InChI=1S/C8H18N2OS/c1-4-6(2)12-5-7(10-3)8(9)11/h6-7,10H,4-5H2,1-3H3,(H2,9,11). The summed E-state index contributed by atoms with van der Waals surface area (Å²) in [5, 5.41) is 3.48. The molecule has 0 saturated heterocycles. The maximum absolute atomic E-state index is 10.8. The molecule has 0 aromatic carbocycles. The van der Waals surface area contributed by atoms with Crippen LogP contribution in [0, 0.1) is 0 Å². The first kappa shape index (κ1) is 11.8. The van der Waals surface area contributed by atoms with Crippen LogP contribution in [0.5, 0.6) is 0 Å². The van der Waals surface area contributed by atoms with Crippen molar-refractivity contribution in [1.82, 2.24) is 5.32 Å². The molecule has 3 N–H and O–H groups in total. The Kier molecular flexibility index (Phi) is 6.20. The van der Waals surface area contributed by atoms with E-state index >= 15 is 0 Å². The molecule has 3 nitrogen and oxygen atoms in total. The summed E-state index contributed by atoms with van der Waals surface area (Å²) in [7, 11) is 1.76. The second-order valence-corrected chi connectivity index (χ2v) is 4.27. The van der Waals surface area contributed by atoms with E-state index in [9.17, 15) is 4.79 Å². The van der Waals surface area contributed by atoms with Gasteiger partial charge in [-0.25, -0.2) is 0 Å². The van der Waals surface area contributed by atoms with Crippen molar-refractivity contribution < 1.29 is 4.79 Å². The van der Waals surface area contributed by atoms with E-state index in [-0.39, 0.29) is 11.9 Å². The smallest absolute Gasteiger partial charge is 0.235 e. The van der Waals surface area contributed by atoms with Gasteiger partial charge in [0.2, 0.25) is 5.91 Å². The van der Waals surface area contributed by atoms with Gasteiger partial charge < -0.3 is 11.1 Å². The van der Waals surface area contributed by atoms with Crippen LogP contribution in [0.4, 0.5) is 0 Å². The summed E-state index contributed by atoms with van der Waals surface area (Å²) in [5.74, 6) is 0.495. The molecule has 0 saturated carbocycles. The van der Waals surface area contributed by atoms with Gasteiger partial charge in [0.05, 0.1) is 6.04 Å². The van der Waals surface area contributed by atoms with Gasteiger partial charge in [0.1, 0.15) is 0 Å². The lowest BCUT2D eigenvalue weighted by atomic mass is 10.3. The lowest BCUT2D eigenvalue weighted by Gasteiger charge is -2.14. The number of carbonyl (C=O) groups is 1. The summed E-state index contributed by atoms with van der Waals surface area (Å²) in [6.07, 6.45) is 1.12. The van der Waals surface area contributed by atoms with E-state index in [1.807, 2.05) is 0 Å². The number of nitrogens with one attached hydrogen (secondary N) is 1. The summed E-state index contributed by atoms with van der Waals surface area (Å²) in [6.45, 7) is 4.29. The van der Waals surface area contributed by atoms with Gasteiger partial charge in [-0.3, -0.25) is 4.79 Å². The Bertz CT molecular complexity index is 141. The molecule has 2 atom stereocenters. The molecule has 1 amide bonds. The molecule has 12 heavy (non-hydrogen) atoms. The van der Waals surface area contributed by atoms with Gasteiger partial charge in [-0.05, 0) is 13.5 Å². The molecule has 0 aromatic rings. The van der Waals surface area contributed by atoms with E-state index in [2.05, 4.69) is 19.2 Å². The molecule has 4 heteroatoms. The summed E-state index contributed by atoms with van der Waals surface area (Å²) >= 11 is 1.77. The maximum atomic E-state index is 10.8. The minimum absolute atomic E-state index is 0.191. The number of rotatable bonds is 6. The van der Waals surface area contributed by atoms with E-state index in [1.165, 1.54) is 0 Å². The molecule has 0 aromatic heterocycles. The van der Waals surface area contributed by atoms with Crippen molar-refractivity contribution in [3.63, 3.8) is 0 Å². The zero-order valence-electron chi connectivity index (χ0n) is 7.96. The summed E-state index contributed by atoms with van der Waals surface area (Å²) in [6, 6.07) is -0.191. The molecular weight excluding hydrogens is 172 g/mol. The Morgan fingerprint density at radius 2 is 2.25 bits per heavy atom. The molecule has 0 fully saturated rings. The van der Waals surface area contributed by atoms with Crippen molar-refractivity contribution in [3.05, 3.63) is 0 Å². The van der Waals surface area contributed by atoms with Crippen LogP contribution in [-0.2, 0) is 4.79 Å². The highest BCUT2D eigenvalue weighted by molar-refractivity contribution is 7.99. The first-order chi connectivity index (χ1) is 5.61. The number of likely N-dealkylation sites (N-methyl/N-ethyl adjacent to an activating group) is 1. The Hall–Kier alpha value is -0.220. The number of carbonyl (C=O) groups excluding carboxylic acids is 1. The van der Waals surface area contributed by atoms with Crippen LogP contribution in [0.25, 0.3) is 0 Å². The van der Waals surface area contributed by atoms with Gasteiger partial charge in [-0.1, -0.05) is 13.8 Å². The van der Waals surface area contributed by atoms with Gasteiger partial charge in [0.15, 0.2) is 0 Å². The van der Waals surface area contributed by atoms with E-state index in [0.717, 1.165) is 12.2 Å². The topological polar surface area (TPSA) is 55.1 Å². The van der Waals surface area contributed by atoms with E-state index in [4.69, 9.17) is 5.73 Å². The molecule has 0 heterocycles. The van der Waals surface area contributed by atoms with Crippen molar-refractivity contribution >= 4 is 17.7 Å². The van der Waals surface area contributed by atoms with Crippen LogP contribution >= 0.6 is 11.8 Å². The first-order valence-electron chi connectivity index (χ1n) is 4.20. The third-order valence-electron chi connectivity index (χ3n) is 1.81. The second-order valence-electron chi connectivity index (χ2n) is 2.80. The average Bonchev–Trinajstić information content (AvgIpc) is 2.04. The average molecular weight is 190 g/mol. The number of nitrogens with two attached hydrogens (primary N) is 1. The number of hydrogen-bond donors (Lipinski definition) is 2. The molecule has 0 radical (unpaired) electrons. The monoisotopic (exact) mass is 190 g/mol. The second kappa shape index (κ2) is 6.31. The van der Waals surface area contributed by atoms with Gasteiger partial charge in [0, 0.05) is 11.0 Å². The normalized spacial score (nSPS) is 15.6. The minimum Gasteiger partial charge on any atom is -0.368 e. The van der Waals surface area contributed by atoms with E-state index < -0.39 is 0 Å². The van der Waals surface area contributed by atoms with Gasteiger partial charge in [-0.2, -0.15) is 11.8 Å². The highest BCUT2D eigenvalue weighted by Gasteiger charge is 2.13. The fourth-order valence-corrected chi connectivity index (χ4v) is 1.77. The number of amides is 1. The molecule has 0 bridgehead atoms. The largest absolute Gasteiger partial charge is 0.368 e. The lowest BCUT2D eigenvalue weighted by Crippen LogP contribution is -2.41. The van der Waals surface area contributed by atoms with Crippen LogP contribution in [0.3, 0.4) is 0 Å². The molecule has 0 aliphatic carbocycles. The Labute approximate surface area is 78.5 Å². The quantitative estimate of drug-likeness (QED) is 0.644. The van der Waals surface area contributed by atoms with Crippen molar-refractivity contribution in [1.29, 1.82) is 0 Å². The van der Waals surface area contributed by atoms with Crippen LogP contribution < -0.4 is 11.1 Å². The minimum atomic E-state index is -0.270.